The Morgan fingerprint density at radius 3 is 2.93 bits per heavy atom. The molecular formula is C10H19NO3. The van der Waals surface area contributed by atoms with Crippen LogP contribution in [0.5, 0.6) is 0 Å². The zero-order valence-electron chi connectivity index (χ0n) is 8.75. The molecule has 0 unspecified atom stereocenters. The summed E-state index contributed by atoms with van der Waals surface area (Å²) in [7, 11) is 1.51. The molecule has 0 bridgehead atoms. The molecule has 1 saturated carbocycles. The van der Waals surface area contributed by atoms with Crippen molar-refractivity contribution in [1.82, 2.24) is 5.32 Å². The normalized spacial score (nSPS) is 15.5. The maximum Gasteiger partial charge on any atom is 0.245 e. The lowest BCUT2D eigenvalue weighted by Gasteiger charge is -2.04. The van der Waals surface area contributed by atoms with E-state index in [4.69, 9.17) is 4.74 Å². The van der Waals surface area contributed by atoms with Crippen molar-refractivity contribution in [2.75, 3.05) is 33.5 Å². The van der Waals surface area contributed by atoms with Gasteiger partial charge in [-0.2, -0.15) is 0 Å². The van der Waals surface area contributed by atoms with Gasteiger partial charge in [0.25, 0.3) is 0 Å². The Hall–Kier alpha value is -0.610. The van der Waals surface area contributed by atoms with Gasteiger partial charge in [0.05, 0.1) is 0 Å². The molecule has 0 aromatic carbocycles. The number of rotatable bonds is 8. The van der Waals surface area contributed by atoms with E-state index in [1.54, 1.807) is 0 Å². The first kappa shape index (κ1) is 11.5. The number of hydrogen-bond donors (Lipinski definition) is 1. The van der Waals surface area contributed by atoms with Crippen molar-refractivity contribution in [3.63, 3.8) is 0 Å². The van der Waals surface area contributed by atoms with Crippen molar-refractivity contribution in [2.45, 2.75) is 19.3 Å². The largest absolute Gasteiger partial charge is 0.381 e. The topological polar surface area (TPSA) is 47.6 Å². The molecule has 0 atom stereocenters. The predicted molar refractivity (Wildman–Crippen MR) is 53.0 cm³/mol. The van der Waals surface area contributed by atoms with Gasteiger partial charge < -0.3 is 14.8 Å². The highest BCUT2D eigenvalue weighted by molar-refractivity contribution is 5.77. The summed E-state index contributed by atoms with van der Waals surface area (Å²) in [5, 5.41) is 2.74. The average molecular weight is 201 g/mol. The average Bonchev–Trinajstić information content (AvgIpc) is 2.95. The summed E-state index contributed by atoms with van der Waals surface area (Å²) in [5.41, 5.74) is 0. The van der Waals surface area contributed by atoms with Crippen LogP contribution in [-0.4, -0.2) is 39.4 Å². The highest BCUT2D eigenvalue weighted by atomic mass is 16.5. The molecule has 1 aliphatic rings. The molecule has 0 aliphatic heterocycles. The van der Waals surface area contributed by atoms with E-state index in [2.05, 4.69) is 10.1 Å². The van der Waals surface area contributed by atoms with Crippen molar-refractivity contribution in [3.05, 3.63) is 0 Å². The summed E-state index contributed by atoms with van der Waals surface area (Å²) in [6.45, 7) is 2.45. The van der Waals surface area contributed by atoms with Gasteiger partial charge in [0.1, 0.15) is 6.61 Å². The van der Waals surface area contributed by atoms with Crippen LogP contribution in [-0.2, 0) is 14.3 Å². The first-order valence-electron chi connectivity index (χ1n) is 5.16. The smallest absolute Gasteiger partial charge is 0.245 e. The first-order valence-corrected chi connectivity index (χ1v) is 5.16. The quantitative estimate of drug-likeness (QED) is 0.584. The first-order chi connectivity index (χ1) is 6.83. The molecule has 0 aromatic rings. The Bertz CT molecular complexity index is 169. The van der Waals surface area contributed by atoms with E-state index in [-0.39, 0.29) is 12.5 Å². The maximum atomic E-state index is 10.9. The van der Waals surface area contributed by atoms with Crippen LogP contribution >= 0.6 is 0 Å². The fraction of sp³-hybridized carbons (Fsp3) is 0.900. The van der Waals surface area contributed by atoms with E-state index in [0.29, 0.717) is 6.54 Å². The van der Waals surface area contributed by atoms with E-state index < -0.39 is 0 Å². The van der Waals surface area contributed by atoms with Crippen LogP contribution in [0, 0.1) is 5.92 Å². The molecule has 0 saturated heterocycles. The highest BCUT2D eigenvalue weighted by Crippen LogP contribution is 2.28. The Kier molecular flexibility index (Phi) is 5.56. The van der Waals surface area contributed by atoms with Crippen LogP contribution < -0.4 is 5.32 Å². The summed E-state index contributed by atoms with van der Waals surface area (Å²) in [4.78, 5) is 10.9. The Labute approximate surface area is 85.0 Å². The minimum atomic E-state index is -0.0605. The Morgan fingerprint density at radius 2 is 2.29 bits per heavy atom. The van der Waals surface area contributed by atoms with Crippen LogP contribution in [0.25, 0.3) is 0 Å². The Morgan fingerprint density at radius 1 is 1.50 bits per heavy atom. The Balaban J connectivity index is 1.76. The van der Waals surface area contributed by atoms with Crippen LogP contribution in [0.2, 0.25) is 0 Å². The van der Waals surface area contributed by atoms with Crippen LogP contribution in [0.4, 0.5) is 0 Å². The lowest BCUT2D eigenvalue weighted by molar-refractivity contribution is -0.124. The zero-order valence-corrected chi connectivity index (χ0v) is 8.75. The van der Waals surface area contributed by atoms with Crippen LogP contribution in [0.3, 0.4) is 0 Å². The molecule has 1 amide bonds. The SMILES string of the molecule is COCC(=O)NCCCOCC1CC1. The van der Waals surface area contributed by atoms with Gasteiger partial charge in [-0.05, 0) is 25.2 Å². The van der Waals surface area contributed by atoms with E-state index in [1.165, 1.54) is 20.0 Å². The molecule has 82 valence electrons. The molecule has 1 aliphatic carbocycles. The molecule has 0 radical (unpaired) electrons. The summed E-state index contributed by atoms with van der Waals surface area (Å²) in [6, 6.07) is 0. The maximum absolute atomic E-state index is 10.9. The van der Waals surface area contributed by atoms with Gasteiger partial charge >= 0.3 is 0 Å². The number of ether oxygens (including phenoxy) is 2. The molecule has 0 aromatic heterocycles. The van der Waals surface area contributed by atoms with Crippen LogP contribution in [0.1, 0.15) is 19.3 Å². The van der Waals surface area contributed by atoms with E-state index in [0.717, 1.165) is 25.6 Å². The second kappa shape index (κ2) is 6.79. The third-order valence-corrected chi connectivity index (χ3v) is 2.11. The van der Waals surface area contributed by atoms with Crippen LogP contribution in [0.15, 0.2) is 0 Å². The third-order valence-electron chi connectivity index (χ3n) is 2.11. The standard InChI is InChI=1S/C10H19NO3/c1-13-8-10(12)11-5-2-6-14-7-9-3-4-9/h9H,2-8H2,1H3,(H,11,12). The van der Waals surface area contributed by atoms with Crippen molar-refractivity contribution in [3.8, 4) is 0 Å². The van der Waals surface area contributed by atoms with E-state index in [9.17, 15) is 4.79 Å². The van der Waals surface area contributed by atoms with Gasteiger partial charge in [0.15, 0.2) is 0 Å². The van der Waals surface area contributed by atoms with Gasteiger partial charge in [-0.1, -0.05) is 0 Å². The number of carbonyl (C=O) groups is 1. The number of amides is 1. The van der Waals surface area contributed by atoms with Gasteiger partial charge in [-0.25, -0.2) is 0 Å². The third kappa shape index (κ3) is 5.94. The van der Waals surface area contributed by atoms with Gasteiger partial charge in [0.2, 0.25) is 5.91 Å². The van der Waals surface area contributed by atoms with E-state index in [1.807, 2.05) is 0 Å². The van der Waals surface area contributed by atoms with Gasteiger partial charge in [-0.3, -0.25) is 4.79 Å². The van der Waals surface area contributed by atoms with Gasteiger partial charge in [0, 0.05) is 26.9 Å². The fourth-order valence-corrected chi connectivity index (χ4v) is 1.12. The predicted octanol–water partition coefficient (Wildman–Crippen LogP) is 0.566. The lowest BCUT2D eigenvalue weighted by Crippen LogP contribution is -2.28. The summed E-state index contributed by atoms with van der Waals surface area (Å²) < 4.78 is 10.1. The minimum absolute atomic E-state index is 0.0605. The second-order valence-electron chi connectivity index (χ2n) is 3.65. The molecule has 14 heavy (non-hydrogen) atoms. The van der Waals surface area contributed by atoms with Crippen molar-refractivity contribution >= 4 is 5.91 Å². The number of methoxy groups -OCH3 is 1. The number of hydrogen-bond acceptors (Lipinski definition) is 3. The van der Waals surface area contributed by atoms with Gasteiger partial charge in [-0.15, -0.1) is 0 Å². The molecule has 1 N–H and O–H groups in total. The highest BCUT2D eigenvalue weighted by Gasteiger charge is 2.20. The molecule has 4 nitrogen and oxygen atoms in total. The second-order valence-corrected chi connectivity index (χ2v) is 3.65. The lowest BCUT2D eigenvalue weighted by atomic mass is 10.4. The summed E-state index contributed by atoms with van der Waals surface area (Å²) in [6.07, 6.45) is 3.53. The van der Waals surface area contributed by atoms with E-state index >= 15 is 0 Å². The zero-order chi connectivity index (χ0) is 10.2. The summed E-state index contributed by atoms with van der Waals surface area (Å²) >= 11 is 0. The molecular weight excluding hydrogens is 182 g/mol. The summed E-state index contributed by atoms with van der Waals surface area (Å²) in [5.74, 6) is 0.757. The monoisotopic (exact) mass is 201 g/mol. The molecule has 4 heteroatoms. The fourth-order valence-electron chi connectivity index (χ4n) is 1.12. The van der Waals surface area contributed by atoms with Crippen molar-refractivity contribution < 1.29 is 14.3 Å². The minimum Gasteiger partial charge on any atom is -0.381 e. The molecule has 0 heterocycles. The molecule has 1 fully saturated rings. The molecule has 1 rings (SSSR count). The van der Waals surface area contributed by atoms with Crippen molar-refractivity contribution in [2.24, 2.45) is 5.92 Å². The number of nitrogens with one attached hydrogen (secondary N) is 1. The molecule has 0 spiro atoms. The van der Waals surface area contributed by atoms with Crippen molar-refractivity contribution in [1.29, 1.82) is 0 Å². The number of carbonyl (C=O) groups excluding carboxylic acids is 1.